The molecule has 1 heterocycles. The van der Waals surface area contributed by atoms with Crippen molar-refractivity contribution in [2.75, 3.05) is 11.9 Å². The van der Waals surface area contributed by atoms with Crippen LogP contribution in [0.3, 0.4) is 0 Å². The molecule has 2 rings (SSSR count). The van der Waals surface area contributed by atoms with Gasteiger partial charge < -0.3 is 10.4 Å². The zero-order valence-electron chi connectivity index (χ0n) is 9.74. The monoisotopic (exact) mass is 343 g/mol. The van der Waals surface area contributed by atoms with Crippen molar-refractivity contribution in [1.82, 2.24) is 9.97 Å². The highest BCUT2D eigenvalue weighted by Gasteiger charge is 2.17. The Morgan fingerprint density at radius 1 is 1.35 bits per heavy atom. The van der Waals surface area contributed by atoms with E-state index < -0.39 is 5.54 Å². The number of hydrogen-bond acceptors (Lipinski definition) is 4. The van der Waals surface area contributed by atoms with Crippen molar-refractivity contribution in [3.63, 3.8) is 0 Å². The summed E-state index contributed by atoms with van der Waals surface area (Å²) >= 11 is 2.26. The van der Waals surface area contributed by atoms with E-state index in [0.717, 1.165) is 20.3 Å². The van der Waals surface area contributed by atoms with E-state index in [4.69, 9.17) is 0 Å². The molecule has 0 fully saturated rings. The second-order valence-electron chi connectivity index (χ2n) is 4.55. The summed E-state index contributed by atoms with van der Waals surface area (Å²) in [6.07, 6.45) is 1.53. The molecule has 90 valence electrons. The molecule has 2 N–H and O–H groups in total. The van der Waals surface area contributed by atoms with E-state index in [2.05, 4.69) is 37.9 Å². The predicted molar refractivity (Wildman–Crippen MR) is 77.0 cm³/mol. The van der Waals surface area contributed by atoms with Gasteiger partial charge in [0.1, 0.15) is 12.1 Å². The smallest absolute Gasteiger partial charge is 0.137 e. The lowest BCUT2D eigenvalue weighted by molar-refractivity contribution is 0.234. The van der Waals surface area contributed by atoms with Crippen LogP contribution in [0.1, 0.15) is 13.8 Å². The highest BCUT2D eigenvalue weighted by Crippen LogP contribution is 2.23. The van der Waals surface area contributed by atoms with E-state index in [9.17, 15) is 5.11 Å². The van der Waals surface area contributed by atoms with Crippen LogP contribution in [0, 0.1) is 3.57 Å². The fourth-order valence-electron chi connectivity index (χ4n) is 1.49. The van der Waals surface area contributed by atoms with Gasteiger partial charge in [0.25, 0.3) is 0 Å². The average Bonchev–Trinajstić information content (AvgIpc) is 2.30. The van der Waals surface area contributed by atoms with Gasteiger partial charge in [-0.05, 0) is 54.6 Å². The maximum Gasteiger partial charge on any atom is 0.137 e. The van der Waals surface area contributed by atoms with E-state index in [1.54, 1.807) is 0 Å². The van der Waals surface area contributed by atoms with Gasteiger partial charge >= 0.3 is 0 Å². The van der Waals surface area contributed by atoms with Gasteiger partial charge in [0.15, 0.2) is 0 Å². The molecule has 5 heteroatoms. The Kier molecular flexibility index (Phi) is 3.48. The number of aliphatic hydroxyl groups is 1. The summed E-state index contributed by atoms with van der Waals surface area (Å²) in [5.74, 6) is 0.757. The number of rotatable bonds is 3. The molecule has 1 aromatic carbocycles. The van der Waals surface area contributed by atoms with Crippen molar-refractivity contribution in [2.24, 2.45) is 0 Å². The van der Waals surface area contributed by atoms with Crippen LogP contribution in [0.4, 0.5) is 5.82 Å². The van der Waals surface area contributed by atoms with Gasteiger partial charge in [-0.15, -0.1) is 0 Å². The number of fused-ring (bicyclic) bond motifs is 1. The molecular formula is C12H14IN3O. The number of nitrogens with zero attached hydrogens (tertiary/aromatic N) is 2. The van der Waals surface area contributed by atoms with Crippen LogP contribution in [-0.2, 0) is 0 Å². The first-order valence-electron chi connectivity index (χ1n) is 5.31. The van der Waals surface area contributed by atoms with Gasteiger partial charge in [-0.3, -0.25) is 0 Å². The highest BCUT2D eigenvalue weighted by molar-refractivity contribution is 14.1. The second kappa shape index (κ2) is 4.73. The van der Waals surface area contributed by atoms with Crippen LogP contribution in [0.5, 0.6) is 0 Å². The molecular weight excluding hydrogens is 329 g/mol. The number of nitrogens with one attached hydrogen (secondary N) is 1. The fraction of sp³-hybridized carbons (Fsp3) is 0.333. The van der Waals surface area contributed by atoms with Crippen molar-refractivity contribution in [3.8, 4) is 0 Å². The van der Waals surface area contributed by atoms with Gasteiger partial charge in [-0.1, -0.05) is 0 Å². The van der Waals surface area contributed by atoms with Crippen molar-refractivity contribution < 1.29 is 5.11 Å². The molecule has 0 unspecified atom stereocenters. The molecule has 2 aromatic rings. The predicted octanol–water partition coefficient (Wildman–Crippen LogP) is 2.42. The van der Waals surface area contributed by atoms with Gasteiger partial charge in [0.2, 0.25) is 0 Å². The molecule has 0 saturated carbocycles. The number of halogens is 1. The number of aromatic nitrogens is 2. The minimum absolute atomic E-state index is 0.0441. The summed E-state index contributed by atoms with van der Waals surface area (Å²) in [6.45, 7) is 3.89. The van der Waals surface area contributed by atoms with E-state index >= 15 is 0 Å². The van der Waals surface area contributed by atoms with E-state index in [0.29, 0.717) is 0 Å². The highest BCUT2D eigenvalue weighted by atomic mass is 127. The SMILES string of the molecule is CC(C)(CO)Nc1ncnc2ccc(I)cc12. The molecule has 1 aromatic heterocycles. The average molecular weight is 343 g/mol. The Hall–Kier alpha value is -0.950. The van der Waals surface area contributed by atoms with E-state index in [1.165, 1.54) is 6.33 Å². The Labute approximate surface area is 114 Å². The van der Waals surface area contributed by atoms with E-state index in [-0.39, 0.29) is 6.61 Å². The summed E-state index contributed by atoms with van der Waals surface area (Å²) in [5, 5.41) is 13.5. The lowest BCUT2D eigenvalue weighted by Crippen LogP contribution is -2.35. The summed E-state index contributed by atoms with van der Waals surface area (Å²) in [6, 6.07) is 6.01. The van der Waals surface area contributed by atoms with Crippen molar-refractivity contribution in [3.05, 3.63) is 28.1 Å². The van der Waals surface area contributed by atoms with Crippen molar-refractivity contribution in [1.29, 1.82) is 0 Å². The molecule has 0 bridgehead atoms. The molecule has 0 aliphatic rings. The van der Waals surface area contributed by atoms with Crippen LogP contribution >= 0.6 is 22.6 Å². The molecule has 0 atom stereocenters. The van der Waals surface area contributed by atoms with Crippen LogP contribution in [0.15, 0.2) is 24.5 Å². The summed E-state index contributed by atoms with van der Waals surface area (Å²) in [5.41, 5.74) is 0.499. The van der Waals surface area contributed by atoms with Crippen molar-refractivity contribution in [2.45, 2.75) is 19.4 Å². The molecule has 17 heavy (non-hydrogen) atoms. The first-order chi connectivity index (χ1) is 8.02. The Morgan fingerprint density at radius 2 is 2.12 bits per heavy atom. The number of hydrogen-bond donors (Lipinski definition) is 2. The quantitative estimate of drug-likeness (QED) is 0.841. The third-order valence-electron chi connectivity index (χ3n) is 2.45. The summed E-state index contributed by atoms with van der Waals surface area (Å²) in [7, 11) is 0. The number of aliphatic hydroxyl groups excluding tert-OH is 1. The molecule has 0 spiro atoms. The lowest BCUT2D eigenvalue weighted by Gasteiger charge is -2.24. The van der Waals surface area contributed by atoms with Gasteiger partial charge in [0.05, 0.1) is 17.7 Å². The number of anilines is 1. The molecule has 0 aliphatic carbocycles. The minimum atomic E-state index is -0.400. The van der Waals surface area contributed by atoms with Crippen molar-refractivity contribution >= 4 is 39.3 Å². The first kappa shape index (κ1) is 12.5. The summed E-state index contributed by atoms with van der Waals surface area (Å²) < 4.78 is 1.13. The summed E-state index contributed by atoms with van der Waals surface area (Å²) in [4.78, 5) is 8.47. The largest absolute Gasteiger partial charge is 0.394 e. The molecule has 0 aliphatic heterocycles. The Morgan fingerprint density at radius 3 is 2.82 bits per heavy atom. The zero-order valence-corrected chi connectivity index (χ0v) is 11.9. The lowest BCUT2D eigenvalue weighted by atomic mass is 10.1. The maximum absolute atomic E-state index is 9.27. The van der Waals surface area contributed by atoms with E-state index in [1.807, 2.05) is 32.0 Å². The van der Waals surface area contributed by atoms with Crippen LogP contribution < -0.4 is 5.32 Å². The van der Waals surface area contributed by atoms with Gasteiger partial charge in [-0.25, -0.2) is 9.97 Å². The Bertz CT molecular complexity index is 542. The van der Waals surface area contributed by atoms with Crippen LogP contribution in [0.25, 0.3) is 10.9 Å². The molecule has 0 radical (unpaired) electrons. The van der Waals surface area contributed by atoms with Gasteiger partial charge in [0, 0.05) is 8.96 Å². The van der Waals surface area contributed by atoms with Crippen LogP contribution in [0.2, 0.25) is 0 Å². The third kappa shape index (κ3) is 2.84. The molecule has 4 nitrogen and oxygen atoms in total. The molecule has 0 amide bonds. The topological polar surface area (TPSA) is 58.0 Å². The standard InChI is InChI=1S/C12H14IN3O/c1-12(2,6-17)16-11-9-5-8(13)3-4-10(9)14-7-15-11/h3-5,7,17H,6H2,1-2H3,(H,14,15,16). The number of benzene rings is 1. The normalized spacial score (nSPS) is 11.8. The maximum atomic E-state index is 9.27. The fourth-order valence-corrected chi connectivity index (χ4v) is 1.98. The van der Waals surface area contributed by atoms with Gasteiger partial charge in [-0.2, -0.15) is 0 Å². The Balaban J connectivity index is 2.50. The van der Waals surface area contributed by atoms with Crippen LogP contribution in [-0.4, -0.2) is 27.2 Å². The minimum Gasteiger partial charge on any atom is -0.394 e. The zero-order chi connectivity index (χ0) is 12.5. The second-order valence-corrected chi connectivity index (χ2v) is 5.80. The first-order valence-corrected chi connectivity index (χ1v) is 6.39. The third-order valence-corrected chi connectivity index (χ3v) is 3.12. The molecule has 0 saturated heterocycles.